The summed E-state index contributed by atoms with van der Waals surface area (Å²) >= 11 is 0. The molecule has 8 heteroatoms. The fourth-order valence-corrected chi connectivity index (χ4v) is 6.99. The molecule has 48 heavy (non-hydrogen) atoms. The number of imidazole rings is 2. The maximum Gasteiger partial charge on any atom is 0.267 e. The second-order valence-corrected chi connectivity index (χ2v) is 11.9. The van der Waals surface area contributed by atoms with Crippen LogP contribution in [-0.4, -0.2) is 27.9 Å². The maximum atomic E-state index is 13.6. The quantitative estimate of drug-likeness (QED) is 0.204. The number of rotatable bonds is 3. The van der Waals surface area contributed by atoms with Crippen LogP contribution in [0.15, 0.2) is 155 Å². The van der Waals surface area contributed by atoms with Crippen LogP contribution in [0.4, 0.5) is 0 Å². The van der Waals surface area contributed by atoms with Crippen LogP contribution in [-0.2, 0) is 0 Å². The maximum absolute atomic E-state index is 13.6. The lowest BCUT2D eigenvalue weighted by atomic mass is 10.0. The summed E-state index contributed by atoms with van der Waals surface area (Å²) in [5.41, 5.74) is 8.50. The van der Waals surface area contributed by atoms with E-state index in [0.29, 0.717) is 33.4 Å². The highest BCUT2D eigenvalue weighted by atomic mass is 16.1. The smallest absolute Gasteiger partial charge is 0.267 e. The second-order valence-electron chi connectivity index (χ2n) is 11.9. The lowest BCUT2D eigenvalue weighted by Crippen LogP contribution is -2.15. The number of hydrogen-bond acceptors (Lipinski definition) is 4. The van der Waals surface area contributed by atoms with E-state index in [2.05, 4.69) is 48.5 Å². The van der Waals surface area contributed by atoms with Crippen LogP contribution < -0.4 is 11.1 Å². The molecule has 0 aliphatic carbocycles. The summed E-state index contributed by atoms with van der Waals surface area (Å²) < 4.78 is 7.48. The Labute approximate surface area is 271 Å². The third-order valence-corrected chi connectivity index (χ3v) is 9.23. The Balaban J connectivity index is 1.09. The molecule has 10 rings (SSSR count). The van der Waals surface area contributed by atoms with Gasteiger partial charge in [0.05, 0.1) is 43.9 Å². The van der Waals surface area contributed by atoms with Gasteiger partial charge in [0.15, 0.2) is 0 Å². The van der Waals surface area contributed by atoms with Crippen LogP contribution in [0.5, 0.6) is 0 Å². The van der Waals surface area contributed by atoms with E-state index >= 15 is 0 Å². The average Bonchev–Trinajstić information content (AvgIpc) is 3.65. The Morgan fingerprint density at radius 3 is 1.15 bits per heavy atom. The third kappa shape index (κ3) is 3.65. The molecule has 6 aromatic carbocycles. The molecule has 0 bridgehead atoms. The molecular weight excluding hydrogens is 596 g/mol. The number of benzene rings is 6. The first-order valence-electron chi connectivity index (χ1n) is 15.7. The Morgan fingerprint density at radius 2 is 0.729 bits per heavy atom. The van der Waals surface area contributed by atoms with Crippen LogP contribution in [0.2, 0.25) is 0 Å². The summed E-state index contributed by atoms with van der Waals surface area (Å²) in [4.78, 5) is 37.1. The first-order chi connectivity index (χ1) is 23.7. The molecule has 0 unspecified atom stereocenters. The zero-order valence-electron chi connectivity index (χ0n) is 25.4. The minimum Gasteiger partial charge on any atom is -0.278 e. The normalized spacial score (nSPS) is 11.9. The number of hydrogen-bond donors (Lipinski definition) is 0. The van der Waals surface area contributed by atoms with Crippen molar-refractivity contribution in [3.63, 3.8) is 0 Å². The number of para-hydroxylation sites is 6. The molecule has 8 nitrogen and oxygen atoms in total. The van der Waals surface area contributed by atoms with Crippen molar-refractivity contribution >= 4 is 55.4 Å². The van der Waals surface area contributed by atoms with Crippen LogP contribution in [0.25, 0.3) is 77.9 Å². The number of aromatic nitrogens is 6. The molecule has 4 heterocycles. The molecule has 0 spiro atoms. The van der Waals surface area contributed by atoms with Crippen LogP contribution in [0.3, 0.4) is 0 Å². The van der Waals surface area contributed by atoms with Crippen LogP contribution in [0.1, 0.15) is 0 Å². The molecule has 10 aromatic rings. The summed E-state index contributed by atoms with van der Waals surface area (Å²) in [5, 5.41) is 1.18. The SMILES string of the molecule is O=c1c2ccccc2nc2n(-c3ccc(-c4ccc(-n5c6ccccc6n6c(=O)c7ccccc7nc56)cc4)cc3)c3ccccc3n12. The summed E-state index contributed by atoms with van der Waals surface area (Å²) in [5.74, 6) is 1.15. The average molecular weight is 621 g/mol. The van der Waals surface area contributed by atoms with Gasteiger partial charge in [-0.25, -0.2) is 18.8 Å². The lowest BCUT2D eigenvalue weighted by Gasteiger charge is -2.10. The Kier molecular flexibility index (Phi) is 5.42. The van der Waals surface area contributed by atoms with Gasteiger partial charge in [0.1, 0.15) is 0 Å². The molecule has 4 aromatic heterocycles. The predicted octanol–water partition coefficient (Wildman–Crippen LogP) is 7.56. The molecular formula is C40H24N6O2. The zero-order chi connectivity index (χ0) is 31.9. The van der Waals surface area contributed by atoms with Crippen molar-refractivity contribution in [3.05, 3.63) is 166 Å². The van der Waals surface area contributed by atoms with E-state index in [1.54, 1.807) is 8.80 Å². The highest BCUT2D eigenvalue weighted by molar-refractivity contribution is 5.89. The van der Waals surface area contributed by atoms with E-state index in [1.165, 1.54) is 0 Å². The van der Waals surface area contributed by atoms with Gasteiger partial charge in [-0.05, 0) is 83.9 Å². The van der Waals surface area contributed by atoms with Gasteiger partial charge in [-0.1, -0.05) is 72.8 Å². The van der Waals surface area contributed by atoms with Gasteiger partial charge in [-0.15, -0.1) is 0 Å². The van der Waals surface area contributed by atoms with E-state index in [-0.39, 0.29) is 11.1 Å². The van der Waals surface area contributed by atoms with Gasteiger partial charge in [0.25, 0.3) is 11.1 Å². The van der Waals surface area contributed by atoms with Gasteiger partial charge in [0, 0.05) is 11.4 Å². The number of fused-ring (bicyclic) bond motifs is 8. The van der Waals surface area contributed by atoms with Crippen molar-refractivity contribution in [1.29, 1.82) is 0 Å². The topological polar surface area (TPSA) is 78.6 Å². The molecule has 0 radical (unpaired) electrons. The van der Waals surface area contributed by atoms with E-state index in [9.17, 15) is 9.59 Å². The molecule has 0 saturated heterocycles. The van der Waals surface area contributed by atoms with Crippen molar-refractivity contribution in [2.24, 2.45) is 0 Å². The summed E-state index contributed by atoms with van der Waals surface area (Å²) in [7, 11) is 0. The Hall–Kier alpha value is -6.80. The van der Waals surface area contributed by atoms with Gasteiger partial charge < -0.3 is 0 Å². The second kappa shape index (κ2) is 9.85. The molecule has 0 atom stereocenters. The standard InChI is InChI=1S/C40H24N6O2/c47-37-29-9-1-3-11-31(29)41-39-43(33-13-5-7-15-35(33)45(37)39)27-21-17-25(18-22-27)26-19-23-28(24-20-26)44-34-14-6-8-16-36(34)46-38(48)30-10-2-4-12-32(30)42-40(44)46/h1-24H. The highest BCUT2D eigenvalue weighted by Gasteiger charge is 2.18. The zero-order valence-corrected chi connectivity index (χ0v) is 25.4. The lowest BCUT2D eigenvalue weighted by molar-refractivity contribution is 1.05. The van der Waals surface area contributed by atoms with E-state index in [1.807, 2.05) is 106 Å². The molecule has 226 valence electrons. The fourth-order valence-electron chi connectivity index (χ4n) is 6.99. The fraction of sp³-hybridized carbons (Fsp3) is 0. The summed E-state index contributed by atoms with van der Waals surface area (Å²) in [6, 6.07) is 47.3. The van der Waals surface area contributed by atoms with Crippen molar-refractivity contribution < 1.29 is 0 Å². The van der Waals surface area contributed by atoms with Gasteiger partial charge in [-0.2, -0.15) is 0 Å². The largest absolute Gasteiger partial charge is 0.278 e. The molecule has 0 N–H and O–H groups in total. The van der Waals surface area contributed by atoms with Crippen molar-refractivity contribution in [3.8, 4) is 22.5 Å². The Bertz CT molecular complexity index is 2830. The molecule has 0 aliphatic rings. The third-order valence-electron chi connectivity index (χ3n) is 9.23. The van der Waals surface area contributed by atoms with Gasteiger partial charge in [-0.3, -0.25) is 18.7 Å². The van der Waals surface area contributed by atoms with E-state index in [4.69, 9.17) is 9.97 Å². The van der Waals surface area contributed by atoms with Crippen molar-refractivity contribution in [2.45, 2.75) is 0 Å². The van der Waals surface area contributed by atoms with Crippen molar-refractivity contribution in [1.82, 2.24) is 27.9 Å². The summed E-state index contributed by atoms with van der Waals surface area (Å²) in [6.07, 6.45) is 0. The van der Waals surface area contributed by atoms with E-state index < -0.39 is 0 Å². The summed E-state index contributed by atoms with van der Waals surface area (Å²) in [6.45, 7) is 0. The molecule has 0 amide bonds. The minimum atomic E-state index is -0.0845. The minimum absolute atomic E-state index is 0.0845. The van der Waals surface area contributed by atoms with E-state index in [0.717, 1.165) is 44.6 Å². The monoisotopic (exact) mass is 620 g/mol. The van der Waals surface area contributed by atoms with Crippen LogP contribution >= 0.6 is 0 Å². The first kappa shape index (κ1) is 26.4. The molecule has 0 aliphatic heterocycles. The van der Waals surface area contributed by atoms with Gasteiger partial charge in [0.2, 0.25) is 11.6 Å². The van der Waals surface area contributed by atoms with Crippen LogP contribution in [0, 0.1) is 0 Å². The van der Waals surface area contributed by atoms with Crippen molar-refractivity contribution in [2.75, 3.05) is 0 Å². The highest BCUT2D eigenvalue weighted by Crippen LogP contribution is 2.29. The predicted molar refractivity (Wildman–Crippen MR) is 191 cm³/mol. The van der Waals surface area contributed by atoms with Gasteiger partial charge >= 0.3 is 0 Å². The Morgan fingerprint density at radius 1 is 0.375 bits per heavy atom. The number of nitrogens with zero attached hydrogens (tertiary/aromatic N) is 6. The first-order valence-corrected chi connectivity index (χ1v) is 15.7. The molecule has 0 saturated carbocycles. The molecule has 0 fully saturated rings.